The van der Waals surface area contributed by atoms with Crippen molar-refractivity contribution >= 4 is 22.3 Å². The maximum absolute atomic E-state index is 14.1. The molecule has 2 aromatic carbocycles. The fraction of sp³-hybridized carbons (Fsp3) is 0.0952. The molecule has 0 atom stereocenters. The van der Waals surface area contributed by atoms with Crippen LogP contribution < -0.4 is 5.32 Å². The second-order valence-electron chi connectivity index (χ2n) is 6.50. The lowest BCUT2D eigenvalue weighted by Gasteiger charge is -2.11. The highest BCUT2D eigenvalue weighted by atomic mass is 19.4. The topological polar surface area (TPSA) is 50.7 Å². The molecule has 4 nitrogen and oxygen atoms in total. The molecule has 2 heterocycles. The molecule has 1 N–H and O–H groups in total. The van der Waals surface area contributed by atoms with Gasteiger partial charge in [-0.15, -0.1) is 5.10 Å². The Morgan fingerprint density at radius 2 is 1.62 bits per heavy atom. The summed E-state index contributed by atoms with van der Waals surface area (Å²) in [6.45, 7) is 1.80. The van der Waals surface area contributed by atoms with Gasteiger partial charge < -0.3 is 5.32 Å². The number of benzene rings is 2. The molecular formula is C21H14F4N4. The van der Waals surface area contributed by atoms with Gasteiger partial charge in [0, 0.05) is 33.9 Å². The first-order chi connectivity index (χ1) is 13.8. The van der Waals surface area contributed by atoms with Crippen molar-refractivity contribution in [2.24, 2.45) is 0 Å². The van der Waals surface area contributed by atoms with Crippen LogP contribution in [0.5, 0.6) is 0 Å². The number of aromatic nitrogens is 3. The Kier molecular flexibility index (Phi) is 4.62. The largest absolute Gasteiger partial charge is 0.416 e. The number of halogens is 4. The normalized spacial score (nSPS) is 11.6. The van der Waals surface area contributed by atoms with E-state index in [9.17, 15) is 17.6 Å². The first-order valence-electron chi connectivity index (χ1n) is 8.63. The summed E-state index contributed by atoms with van der Waals surface area (Å²) in [5.41, 5.74) is 1.80. The van der Waals surface area contributed by atoms with Crippen LogP contribution in [0.25, 0.3) is 21.9 Å². The van der Waals surface area contributed by atoms with E-state index in [1.54, 1.807) is 25.1 Å². The second-order valence-corrected chi connectivity index (χ2v) is 6.50. The molecule has 0 saturated carbocycles. The summed E-state index contributed by atoms with van der Waals surface area (Å²) in [4.78, 5) is 4.12. The Morgan fingerprint density at radius 1 is 0.862 bits per heavy atom. The van der Waals surface area contributed by atoms with E-state index in [1.807, 2.05) is 0 Å². The predicted octanol–water partition coefficient (Wildman–Crippen LogP) is 5.90. The molecule has 0 radical (unpaired) electrons. The van der Waals surface area contributed by atoms with Gasteiger partial charge in [-0.25, -0.2) is 4.39 Å². The smallest absolute Gasteiger partial charge is 0.338 e. The van der Waals surface area contributed by atoms with E-state index in [4.69, 9.17) is 0 Å². The summed E-state index contributed by atoms with van der Waals surface area (Å²) >= 11 is 0. The van der Waals surface area contributed by atoms with Gasteiger partial charge in [0.05, 0.1) is 11.8 Å². The number of nitrogens with one attached hydrogen (secondary N) is 1. The Hall–Kier alpha value is -3.55. The van der Waals surface area contributed by atoms with Crippen LogP contribution in [0.15, 0.2) is 60.9 Å². The van der Waals surface area contributed by atoms with Crippen LogP contribution >= 0.6 is 0 Å². The summed E-state index contributed by atoms with van der Waals surface area (Å²) in [6.07, 6.45) is -1.46. The van der Waals surface area contributed by atoms with Gasteiger partial charge in [0.15, 0.2) is 5.82 Å². The SMILES string of the molecule is Cc1cc2c(Nc3cc(-c4ccc(C(F)(F)F)cc4)cnn3)ccc(F)c2cn1. The van der Waals surface area contributed by atoms with Gasteiger partial charge in [-0.2, -0.15) is 18.3 Å². The van der Waals surface area contributed by atoms with Gasteiger partial charge in [-0.05, 0) is 48.9 Å². The Bertz CT molecular complexity index is 1190. The van der Waals surface area contributed by atoms with Gasteiger partial charge >= 0.3 is 6.18 Å². The van der Waals surface area contributed by atoms with Crippen molar-refractivity contribution in [3.05, 3.63) is 78.0 Å². The summed E-state index contributed by atoms with van der Waals surface area (Å²) in [5.74, 6) is -0.00703. The Morgan fingerprint density at radius 3 is 2.34 bits per heavy atom. The molecule has 0 bridgehead atoms. The molecule has 8 heteroatoms. The predicted molar refractivity (Wildman–Crippen MR) is 102 cm³/mol. The lowest BCUT2D eigenvalue weighted by Crippen LogP contribution is -2.04. The highest BCUT2D eigenvalue weighted by molar-refractivity contribution is 5.95. The van der Waals surface area contributed by atoms with E-state index in [0.29, 0.717) is 33.4 Å². The number of alkyl halides is 3. The average molecular weight is 398 g/mol. The minimum atomic E-state index is -4.39. The molecule has 0 aliphatic carbocycles. The first kappa shape index (κ1) is 18.8. The third-order valence-corrected chi connectivity index (χ3v) is 4.45. The molecule has 0 spiro atoms. The molecule has 4 aromatic rings. The molecule has 0 saturated heterocycles. The van der Waals surface area contributed by atoms with Crippen LogP contribution in [0.4, 0.5) is 29.1 Å². The van der Waals surface area contributed by atoms with E-state index in [0.717, 1.165) is 17.8 Å². The zero-order chi connectivity index (χ0) is 20.6. The number of nitrogens with zero attached hydrogens (tertiary/aromatic N) is 3. The monoisotopic (exact) mass is 398 g/mol. The Labute approximate surface area is 163 Å². The molecule has 2 aromatic heterocycles. The van der Waals surface area contributed by atoms with Gasteiger partial charge in [0.2, 0.25) is 0 Å². The molecule has 4 rings (SSSR count). The fourth-order valence-corrected chi connectivity index (χ4v) is 2.99. The van der Waals surface area contributed by atoms with E-state index in [-0.39, 0.29) is 5.82 Å². The minimum Gasteiger partial charge on any atom is -0.338 e. The van der Waals surface area contributed by atoms with Crippen LogP contribution in [0.1, 0.15) is 11.3 Å². The molecule has 0 amide bonds. The van der Waals surface area contributed by atoms with Crippen LogP contribution in [0.2, 0.25) is 0 Å². The number of hydrogen-bond donors (Lipinski definition) is 1. The highest BCUT2D eigenvalue weighted by Crippen LogP contribution is 2.32. The van der Waals surface area contributed by atoms with Gasteiger partial charge in [-0.1, -0.05) is 12.1 Å². The molecule has 29 heavy (non-hydrogen) atoms. The van der Waals surface area contributed by atoms with Crippen molar-refractivity contribution in [2.45, 2.75) is 13.1 Å². The van der Waals surface area contributed by atoms with Crippen molar-refractivity contribution in [1.29, 1.82) is 0 Å². The van der Waals surface area contributed by atoms with Crippen LogP contribution in [-0.4, -0.2) is 15.2 Å². The van der Waals surface area contributed by atoms with E-state index >= 15 is 0 Å². The van der Waals surface area contributed by atoms with Crippen molar-refractivity contribution in [3.8, 4) is 11.1 Å². The number of fused-ring (bicyclic) bond motifs is 1. The standard InChI is InChI=1S/C21H14F4N4/c1-12-8-16-17(11-26-12)18(22)6-7-19(16)28-20-9-14(10-27-29-20)13-2-4-15(5-3-13)21(23,24)25/h2-11H,1H3,(H,28,29). The number of aryl methyl sites for hydroxylation is 1. The maximum atomic E-state index is 14.1. The quantitative estimate of drug-likeness (QED) is 0.437. The van der Waals surface area contributed by atoms with Crippen LogP contribution in [0.3, 0.4) is 0 Å². The summed E-state index contributed by atoms with van der Waals surface area (Å²) < 4.78 is 52.3. The van der Waals surface area contributed by atoms with Crippen LogP contribution in [-0.2, 0) is 6.18 Å². The summed E-state index contributed by atoms with van der Waals surface area (Å²) in [7, 11) is 0. The first-order valence-corrected chi connectivity index (χ1v) is 8.63. The number of pyridine rings is 1. The van der Waals surface area contributed by atoms with E-state index < -0.39 is 11.7 Å². The van der Waals surface area contributed by atoms with Gasteiger partial charge in [-0.3, -0.25) is 4.98 Å². The van der Waals surface area contributed by atoms with Gasteiger partial charge in [0.1, 0.15) is 5.82 Å². The van der Waals surface area contributed by atoms with Crippen LogP contribution in [0, 0.1) is 12.7 Å². The lowest BCUT2D eigenvalue weighted by atomic mass is 10.1. The summed E-state index contributed by atoms with van der Waals surface area (Å²) in [5, 5.41) is 12.0. The van der Waals surface area contributed by atoms with Crippen molar-refractivity contribution in [2.75, 3.05) is 5.32 Å². The third kappa shape index (κ3) is 3.87. The number of rotatable bonds is 3. The molecule has 146 valence electrons. The third-order valence-electron chi connectivity index (χ3n) is 4.45. The molecular weight excluding hydrogens is 384 g/mol. The molecule has 0 aliphatic rings. The van der Waals surface area contributed by atoms with Crippen molar-refractivity contribution in [1.82, 2.24) is 15.2 Å². The highest BCUT2D eigenvalue weighted by Gasteiger charge is 2.30. The summed E-state index contributed by atoms with van der Waals surface area (Å²) in [6, 6.07) is 11.1. The van der Waals surface area contributed by atoms with E-state index in [1.165, 1.54) is 30.6 Å². The number of anilines is 2. The maximum Gasteiger partial charge on any atom is 0.416 e. The lowest BCUT2D eigenvalue weighted by molar-refractivity contribution is -0.137. The minimum absolute atomic E-state index is 0.368. The fourth-order valence-electron chi connectivity index (χ4n) is 2.99. The zero-order valence-electron chi connectivity index (χ0n) is 15.1. The van der Waals surface area contributed by atoms with Gasteiger partial charge in [0.25, 0.3) is 0 Å². The van der Waals surface area contributed by atoms with E-state index in [2.05, 4.69) is 20.5 Å². The van der Waals surface area contributed by atoms with Crippen molar-refractivity contribution in [3.63, 3.8) is 0 Å². The van der Waals surface area contributed by atoms with Crippen molar-refractivity contribution < 1.29 is 17.6 Å². The number of hydrogen-bond acceptors (Lipinski definition) is 4. The molecule has 0 unspecified atom stereocenters. The zero-order valence-corrected chi connectivity index (χ0v) is 15.1. The Balaban J connectivity index is 1.68. The average Bonchev–Trinajstić information content (AvgIpc) is 2.70. The second kappa shape index (κ2) is 7.12. The molecule has 0 aliphatic heterocycles. The molecule has 0 fully saturated rings.